The predicted molar refractivity (Wildman–Crippen MR) is 34.2 cm³/mol. The summed E-state index contributed by atoms with van der Waals surface area (Å²) in [6.07, 6.45) is -3.28. The zero-order valence-electron chi connectivity index (χ0n) is 6.32. The van der Waals surface area contributed by atoms with Gasteiger partial charge in [-0.25, -0.2) is 0 Å². The summed E-state index contributed by atoms with van der Waals surface area (Å²) in [4.78, 5) is 0. The first-order chi connectivity index (χ1) is 5.05. The highest BCUT2D eigenvalue weighted by molar-refractivity contribution is 4.82. The number of methoxy groups -OCH3 is 1. The van der Waals surface area contributed by atoms with Gasteiger partial charge in [0.15, 0.2) is 0 Å². The molecule has 1 aliphatic rings. The van der Waals surface area contributed by atoms with Crippen molar-refractivity contribution < 1.29 is 17.9 Å². The van der Waals surface area contributed by atoms with E-state index in [9.17, 15) is 13.2 Å². The Kier molecular flexibility index (Phi) is 2.42. The largest absolute Gasteiger partial charge is 0.394 e. The first-order valence-electron chi connectivity index (χ1n) is 3.65. The van der Waals surface area contributed by atoms with Gasteiger partial charge in [0, 0.05) is 7.11 Å². The zero-order chi connectivity index (χ0) is 8.48. The third-order valence-electron chi connectivity index (χ3n) is 2.18. The van der Waals surface area contributed by atoms with E-state index >= 15 is 0 Å². The van der Waals surface area contributed by atoms with E-state index in [0.717, 1.165) is 0 Å². The molecule has 0 aromatic heterocycles. The van der Waals surface area contributed by atoms with Gasteiger partial charge in [-0.2, -0.15) is 13.2 Å². The van der Waals surface area contributed by atoms with E-state index in [1.54, 1.807) is 0 Å². The molecule has 1 fully saturated rings. The molecule has 0 saturated heterocycles. The van der Waals surface area contributed by atoms with Crippen LogP contribution in [0, 0.1) is 5.92 Å². The molecule has 2 unspecified atom stereocenters. The first-order valence-corrected chi connectivity index (χ1v) is 3.65. The van der Waals surface area contributed by atoms with Crippen molar-refractivity contribution in [1.29, 1.82) is 0 Å². The Bertz CT molecular complexity index is 132. The van der Waals surface area contributed by atoms with Crippen molar-refractivity contribution in [2.24, 2.45) is 5.92 Å². The number of hydrogen-bond acceptors (Lipinski definition) is 1. The molecular formula is C7H11F3O. The summed E-state index contributed by atoms with van der Waals surface area (Å²) in [7, 11) is 1.34. The van der Waals surface area contributed by atoms with E-state index in [1.165, 1.54) is 7.11 Å². The standard InChI is InChI=1S/C7H11F3O/c1-11-6-4-2-3-5(6)7(8,9)10/h5-6H,2-4H2,1H3. The van der Waals surface area contributed by atoms with Crippen LogP contribution in [0.2, 0.25) is 0 Å². The molecule has 2 atom stereocenters. The van der Waals surface area contributed by atoms with Crippen LogP contribution in [0.3, 0.4) is 0 Å². The molecule has 1 saturated carbocycles. The highest BCUT2D eigenvalue weighted by Gasteiger charge is 2.47. The Labute approximate surface area is 63.5 Å². The van der Waals surface area contributed by atoms with Crippen molar-refractivity contribution >= 4 is 0 Å². The average Bonchev–Trinajstić information content (AvgIpc) is 2.31. The predicted octanol–water partition coefficient (Wildman–Crippen LogP) is 2.36. The van der Waals surface area contributed by atoms with Crippen molar-refractivity contribution in [1.82, 2.24) is 0 Å². The van der Waals surface area contributed by atoms with Gasteiger partial charge >= 0.3 is 6.18 Å². The fourth-order valence-electron chi connectivity index (χ4n) is 1.58. The molecule has 66 valence electrons. The third-order valence-corrected chi connectivity index (χ3v) is 2.18. The van der Waals surface area contributed by atoms with Gasteiger partial charge < -0.3 is 4.74 Å². The van der Waals surface area contributed by atoms with Gasteiger partial charge in [0.1, 0.15) is 0 Å². The number of alkyl halides is 3. The summed E-state index contributed by atoms with van der Waals surface area (Å²) in [6, 6.07) is 0. The fourth-order valence-corrected chi connectivity index (χ4v) is 1.58. The number of halogens is 3. The molecule has 4 heteroatoms. The number of hydrogen-bond donors (Lipinski definition) is 0. The molecular weight excluding hydrogens is 157 g/mol. The molecule has 0 heterocycles. The van der Waals surface area contributed by atoms with E-state index < -0.39 is 18.2 Å². The maximum atomic E-state index is 12.1. The maximum Gasteiger partial charge on any atom is 0.394 e. The van der Waals surface area contributed by atoms with Gasteiger partial charge in [-0.15, -0.1) is 0 Å². The molecule has 0 aromatic rings. The van der Waals surface area contributed by atoms with E-state index in [1.807, 2.05) is 0 Å². The monoisotopic (exact) mass is 168 g/mol. The molecule has 0 spiro atoms. The second-order valence-electron chi connectivity index (χ2n) is 2.85. The second-order valence-corrected chi connectivity index (χ2v) is 2.85. The lowest BCUT2D eigenvalue weighted by Gasteiger charge is -2.20. The minimum Gasteiger partial charge on any atom is -0.381 e. The van der Waals surface area contributed by atoms with Gasteiger partial charge in [-0.1, -0.05) is 6.42 Å². The van der Waals surface area contributed by atoms with Crippen LogP contribution in [0.1, 0.15) is 19.3 Å². The summed E-state index contributed by atoms with van der Waals surface area (Å²) in [5, 5.41) is 0. The molecule has 0 bridgehead atoms. The van der Waals surface area contributed by atoms with Crippen molar-refractivity contribution in [2.75, 3.05) is 7.11 Å². The van der Waals surface area contributed by atoms with Crippen LogP contribution in [0.5, 0.6) is 0 Å². The Balaban J connectivity index is 2.57. The normalized spacial score (nSPS) is 32.7. The summed E-state index contributed by atoms with van der Waals surface area (Å²) in [5.74, 6) is -1.23. The van der Waals surface area contributed by atoms with Crippen molar-refractivity contribution in [2.45, 2.75) is 31.5 Å². The van der Waals surface area contributed by atoms with Gasteiger partial charge in [-0.05, 0) is 12.8 Å². The van der Waals surface area contributed by atoms with Gasteiger partial charge in [0.2, 0.25) is 0 Å². The minimum atomic E-state index is -4.07. The molecule has 1 nitrogen and oxygen atoms in total. The van der Waals surface area contributed by atoms with Gasteiger partial charge in [0.05, 0.1) is 12.0 Å². The quantitative estimate of drug-likeness (QED) is 0.584. The summed E-state index contributed by atoms with van der Waals surface area (Å²) >= 11 is 0. The molecule has 11 heavy (non-hydrogen) atoms. The van der Waals surface area contributed by atoms with E-state index in [4.69, 9.17) is 4.74 Å². The Hall–Kier alpha value is -0.250. The van der Waals surface area contributed by atoms with Crippen molar-refractivity contribution in [3.8, 4) is 0 Å². The molecule has 1 aliphatic carbocycles. The summed E-state index contributed by atoms with van der Waals surface area (Å²) in [5.41, 5.74) is 0. The van der Waals surface area contributed by atoms with Crippen LogP contribution in [-0.2, 0) is 4.74 Å². The Morgan fingerprint density at radius 3 is 2.27 bits per heavy atom. The van der Waals surface area contributed by atoms with Crippen LogP contribution in [-0.4, -0.2) is 19.4 Å². The highest BCUT2D eigenvalue weighted by atomic mass is 19.4. The zero-order valence-corrected chi connectivity index (χ0v) is 6.32. The summed E-state index contributed by atoms with van der Waals surface area (Å²) in [6.45, 7) is 0. The van der Waals surface area contributed by atoms with Crippen LogP contribution in [0.25, 0.3) is 0 Å². The van der Waals surface area contributed by atoms with E-state index in [-0.39, 0.29) is 6.42 Å². The lowest BCUT2D eigenvalue weighted by molar-refractivity contribution is -0.196. The lowest BCUT2D eigenvalue weighted by Crippen LogP contribution is -2.30. The molecule has 0 aromatic carbocycles. The second kappa shape index (κ2) is 3.01. The van der Waals surface area contributed by atoms with Crippen LogP contribution in [0.4, 0.5) is 13.2 Å². The SMILES string of the molecule is COC1CCCC1C(F)(F)F. The highest BCUT2D eigenvalue weighted by Crippen LogP contribution is 2.40. The number of ether oxygens (including phenoxy) is 1. The molecule has 0 amide bonds. The van der Waals surface area contributed by atoms with Crippen LogP contribution >= 0.6 is 0 Å². The van der Waals surface area contributed by atoms with Gasteiger partial charge in [0.25, 0.3) is 0 Å². The van der Waals surface area contributed by atoms with Gasteiger partial charge in [-0.3, -0.25) is 0 Å². The van der Waals surface area contributed by atoms with E-state index in [0.29, 0.717) is 12.8 Å². The lowest BCUT2D eigenvalue weighted by atomic mass is 10.1. The topological polar surface area (TPSA) is 9.23 Å². The average molecular weight is 168 g/mol. The Morgan fingerprint density at radius 1 is 1.27 bits per heavy atom. The van der Waals surface area contributed by atoms with Crippen molar-refractivity contribution in [3.63, 3.8) is 0 Å². The van der Waals surface area contributed by atoms with Crippen LogP contribution < -0.4 is 0 Å². The fraction of sp³-hybridized carbons (Fsp3) is 1.00. The van der Waals surface area contributed by atoms with Crippen molar-refractivity contribution in [3.05, 3.63) is 0 Å². The maximum absolute atomic E-state index is 12.1. The smallest absolute Gasteiger partial charge is 0.381 e. The summed E-state index contributed by atoms with van der Waals surface area (Å²) < 4.78 is 41.1. The number of rotatable bonds is 1. The molecule has 0 N–H and O–H groups in total. The molecule has 0 radical (unpaired) electrons. The first kappa shape index (κ1) is 8.84. The minimum absolute atomic E-state index is 0.224. The van der Waals surface area contributed by atoms with Crippen LogP contribution in [0.15, 0.2) is 0 Å². The Morgan fingerprint density at radius 2 is 1.91 bits per heavy atom. The van der Waals surface area contributed by atoms with E-state index in [2.05, 4.69) is 0 Å². The molecule has 1 rings (SSSR count). The third kappa shape index (κ3) is 1.86. The molecule has 0 aliphatic heterocycles.